The van der Waals surface area contributed by atoms with Crippen LogP contribution in [0.4, 0.5) is 5.69 Å². The average molecular weight is 446 g/mol. The van der Waals surface area contributed by atoms with Crippen molar-refractivity contribution in [2.24, 2.45) is 0 Å². The van der Waals surface area contributed by atoms with Crippen LogP contribution in [0.5, 0.6) is 5.75 Å². The number of nitrogens with one attached hydrogen (secondary N) is 2. The van der Waals surface area contributed by atoms with Crippen molar-refractivity contribution >= 4 is 85.2 Å². The third-order valence-corrected chi connectivity index (χ3v) is 5.96. The molecular formula is C17H11Cl3N2O2S2. The Morgan fingerprint density at radius 2 is 1.85 bits per heavy atom. The van der Waals surface area contributed by atoms with Gasteiger partial charge in [-0.05, 0) is 42.5 Å². The molecular weight excluding hydrogens is 435 g/mol. The highest BCUT2D eigenvalue weighted by molar-refractivity contribution is 7.80. The third-order valence-electron chi connectivity index (χ3n) is 3.47. The highest BCUT2D eigenvalue weighted by atomic mass is 35.5. The van der Waals surface area contributed by atoms with Gasteiger partial charge in [0.2, 0.25) is 0 Å². The number of fused-ring (bicyclic) bond motifs is 1. The predicted octanol–water partition coefficient (Wildman–Crippen LogP) is 6.00. The summed E-state index contributed by atoms with van der Waals surface area (Å²) in [6.07, 6.45) is 0. The summed E-state index contributed by atoms with van der Waals surface area (Å²) < 4.78 is 6.03. The number of thiocarbonyl (C=S) groups is 1. The van der Waals surface area contributed by atoms with Gasteiger partial charge >= 0.3 is 0 Å². The van der Waals surface area contributed by atoms with Gasteiger partial charge in [-0.2, -0.15) is 0 Å². The molecule has 4 nitrogen and oxygen atoms in total. The normalized spacial score (nSPS) is 10.6. The van der Waals surface area contributed by atoms with Crippen LogP contribution in [0.15, 0.2) is 36.4 Å². The van der Waals surface area contributed by atoms with Crippen LogP contribution in [0, 0.1) is 0 Å². The zero-order valence-corrected chi connectivity index (χ0v) is 17.1. The van der Waals surface area contributed by atoms with Gasteiger partial charge in [-0.1, -0.05) is 40.9 Å². The zero-order valence-electron chi connectivity index (χ0n) is 13.2. The molecule has 0 radical (unpaired) electrons. The number of methoxy groups -OCH3 is 1. The van der Waals surface area contributed by atoms with Gasteiger partial charge in [0.15, 0.2) is 5.11 Å². The Hall–Kier alpha value is -1.57. The third kappa shape index (κ3) is 3.89. The molecule has 1 heterocycles. The number of hydrogen-bond donors (Lipinski definition) is 2. The SMILES string of the molecule is COc1ccc2c(Cl)c(C(=O)NC(=S)Nc3c(Cl)cccc3Cl)sc2c1. The minimum Gasteiger partial charge on any atom is -0.497 e. The molecule has 9 heteroatoms. The minimum atomic E-state index is -0.421. The van der Waals surface area contributed by atoms with Gasteiger partial charge in [0.25, 0.3) is 5.91 Å². The van der Waals surface area contributed by atoms with Gasteiger partial charge in [-0.15, -0.1) is 11.3 Å². The fourth-order valence-electron chi connectivity index (χ4n) is 2.24. The second-order valence-electron chi connectivity index (χ2n) is 5.11. The second-order valence-corrected chi connectivity index (χ2v) is 7.76. The van der Waals surface area contributed by atoms with Gasteiger partial charge in [-0.25, -0.2) is 0 Å². The van der Waals surface area contributed by atoms with E-state index in [2.05, 4.69) is 10.6 Å². The highest BCUT2D eigenvalue weighted by Crippen LogP contribution is 2.37. The molecule has 0 saturated carbocycles. The van der Waals surface area contributed by atoms with Gasteiger partial charge in [-0.3, -0.25) is 10.1 Å². The van der Waals surface area contributed by atoms with Crippen LogP contribution in [0.2, 0.25) is 15.1 Å². The molecule has 0 aliphatic heterocycles. The van der Waals surface area contributed by atoms with Gasteiger partial charge in [0.1, 0.15) is 10.6 Å². The fraction of sp³-hybridized carbons (Fsp3) is 0.0588. The molecule has 0 atom stereocenters. The lowest BCUT2D eigenvalue weighted by atomic mass is 10.2. The Morgan fingerprint density at radius 1 is 1.15 bits per heavy atom. The van der Waals surface area contributed by atoms with E-state index in [-0.39, 0.29) is 5.11 Å². The largest absolute Gasteiger partial charge is 0.497 e. The van der Waals surface area contributed by atoms with E-state index < -0.39 is 5.91 Å². The summed E-state index contributed by atoms with van der Waals surface area (Å²) in [6.45, 7) is 0. The molecule has 2 N–H and O–H groups in total. The van der Waals surface area contributed by atoms with Crippen molar-refractivity contribution < 1.29 is 9.53 Å². The van der Waals surface area contributed by atoms with Gasteiger partial charge in [0, 0.05) is 10.1 Å². The number of ether oxygens (including phenoxy) is 1. The number of para-hydroxylation sites is 1. The van der Waals surface area contributed by atoms with E-state index in [1.54, 1.807) is 31.4 Å². The molecule has 0 spiro atoms. The van der Waals surface area contributed by atoms with E-state index in [1.807, 2.05) is 12.1 Å². The second kappa shape index (κ2) is 7.98. The number of anilines is 1. The number of halogens is 3. The number of carbonyl (C=O) groups is 1. The molecule has 134 valence electrons. The van der Waals surface area contributed by atoms with Crippen LogP contribution in [0.3, 0.4) is 0 Å². The summed E-state index contributed by atoms with van der Waals surface area (Å²) in [6, 6.07) is 10.5. The molecule has 0 aliphatic rings. The standard InChI is InChI=1S/C17H11Cl3N2O2S2/c1-24-8-5-6-9-12(7-8)26-15(13(9)20)16(23)22-17(25)21-14-10(18)3-2-4-11(14)19/h2-7H,1H3,(H2,21,22,23,25). The van der Waals surface area contributed by atoms with Crippen LogP contribution in [0.1, 0.15) is 9.67 Å². The quantitative estimate of drug-likeness (QED) is 0.486. The monoisotopic (exact) mass is 444 g/mol. The number of thiophene rings is 1. The van der Waals surface area contributed by atoms with E-state index in [9.17, 15) is 4.79 Å². The van der Waals surface area contributed by atoms with E-state index in [4.69, 9.17) is 51.8 Å². The maximum atomic E-state index is 12.6. The molecule has 1 aromatic heterocycles. The zero-order chi connectivity index (χ0) is 18.8. The molecule has 0 unspecified atom stereocenters. The Bertz CT molecular complexity index is 1000. The Kier molecular flexibility index (Phi) is 5.89. The highest BCUT2D eigenvalue weighted by Gasteiger charge is 2.19. The summed E-state index contributed by atoms with van der Waals surface area (Å²) >= 11 is 24.9. The van der Waals surface area contributed by atoms with Crippen LogP contribution in [-0.2, 0) is 0 Å². The topological polar surface area (TPSA) is 50.4 Å². The molecule has 3 aromatic rings. The number of carbonyl (C=O) groups excluding carboxylic acids is 1. The first-order valence-corrected chi connectivity index (χ1v) is 9.59. The van der Waals surface area contributed by atoms with Crippen molar-refractivity contribution in [3.63, 3.8) is 0 Å². The van der Waals surface area contributed by atoms with E-state index >= 15 is 0 Å². The first-order chi connectivity index (χ1) is 12.4. The van der Waals surface area contributed by atoms with Crippen molar-refractivity contribution in [2.75, 3.05) is 12.4 Å². The molecule has 1 amide bonds. The van der Waals surface area contributed by atoms with Crippen molar-refractivity contribution in [1.29, 1.82) is 0 Å². The number of amides is 1. The van der Waals surface area contributed by atoms with Gasteiger partial charge < -0.3 is 10.1 Å². The first kappa shape index (κ1) is 19.2. The lowest BCUT2D eigenvalue weighted by Crippen LogP contribution is -2.34. The molecule has 2 aromatic carbocycles. The lowest BCUT2D eigenvalue weighted by molar-refractivity contribution is 0.0982. The molecule has 0 bridgehead atoms. The minimum absolute atomic E-state index is 0.0658. The van der Waals surface area contributed by atoms with Crippen LogP contribution >= 0.6 is 58.4 Å². The van der Waals surface area contributed by atoms with E-state index in [0.29, 0.717) is 31.4 Å². The first-order valence-electron chi connectivity index (χ1n) is 7.23. The summed E-state index contributed by atoms with van der Waals surface area (Å²) in [5, 5.41) is 7.40. The number of benzene rings is 2. The Balaban J connectivity index is 1.80. The number of rotatable bonds is 3. The van der Waals surface area contributed by atoms with Crippen LogP contribution in [-0.4, -0.2) is 18.1 Å². The molecule has 26 heavy (non-hydrogen) atoms. The van der Waals surface area contributed by atoms with Crippen molar-refractivity contribution in [2.45, 2.75) is 0 Å². The summed E-state index contributed by atoms with van der Waals surface area (Å²) in [5.74, 6) is 0.267. The van der Waals surface area contributed by atoms with Gasteiger partial charge in [0.05, 0.1) is 27.9 Å². The van der Waals surface area contributed by atoms with Crippen LogP contribution in [0.25, 0.3) is 10.1 Å². The summed E-state index contributed by atoms with van der Waals surface area (Å²) in [5.41, 5.74) is 0.424. The van der Waals surface area contributed by atoms with Crippen LogP contribution < -0.4 is 15.4 Å². The molecule has 3 rings (SSSR count). The van der Waals surface area contributed by atoms with Crippen molar-refractivity contribution in [3.05, 3.63) is 56.3 Å². The Morgan fingerprint density at radius 3 is 2.50 bits per heavy atom. The smallest absolute Gasteiger partial charge is 0.269 e. The van der Waals surface area contributed by atoms with Crippen molar-refractivity contribution in [1.82, 2.24) is 5.32 Å². The maximum absolute atomic E-state index is 12.6. The average Bonchev–Trinajstić information content (AvgIpc) is 2.94. The summed E-state index contributed by atoms with van der Waals surface area (Å²) in [4.78, 5) is 12.9. The predicted molar refractivity (Wildman–Crippen MR) is 114 cm³/mol. The molecule has 0 aliphatic carbocycles. The van der Waals surface area contributed by atoms with E-state index in [0.717, 1.165) is 10.1 Å². The fourth-order valence-corrected chi connectivity index (χ4v) is 4.37. The lowest BCUT2D eigenvalue weighted by Gasteiger charge is -2.11. The number of hydrogen-bond acceptors (Lipinski definition) is 4. The summed E-state index contributed by atoms with van der Waals surface area (Å²) in [7, 11) is 1.58. The molecule has 0 saturated heterocycles. The van der Waals surface area contributed by atoms with E-state index in [1.165, 1.54) is 11.3 Å². The Labute approximate surface area is 174 Å². The van der Waals surface area contributed by atoms with Crippen molar-refractivity contribution in [3.8, 4) is 5.75 Å². The maximum Gasteiger partial charge on any atom is 0.269 e. The molecule has 0 fully saturated rings.